The molecule has 1 aliphatic rings. The molecule has 0 amide bonds. The van der Waals surface area contributed by atoms with Crippen molar-refractivity contribution in [3.8, 4) is 0 Å². The molecular formula is C54H96O12S. The Balaban J connectivity index is 2.36. The Morgan fingerprint density at radius 1 is 0.507 bits per heavy atom. The summed E-state index contributed by atoms with van der Waals surface area (Å²) in [7, 11) is -4.61. The molecule has 4 N–H and O–H groups in total. The predicted octanol–water partition coefficient (Wildman–Crippen LogP) is 12.3. The van der Waals surface area contributed by atoms with Gasteiger partial charge in [-0.1, -0.05) is 210 Å². The first-order valence-electron chi connectivity index (χ1n) is 26.7. The molecule has 13 heteroatoms. The van der Waals surface area contributed by atoms with Crippen molar-refractivity contribution in [1.29, 1.82) is 0 Å². The molecule has 0 saturated carbocycles. The number of allylic oxidation sites excluding steroid dienone is 8. The topological polar surface area (TPSA) is 186 Å². The highest BCUT2D eigenvalue weighted by Crippen LogP contribution is 2.24. The number of esters is 2. The lowest BCUT2D eigenvalue weighted by atomic mass is 10.00. The van der Waals surface area contributed by atoms with E-state index in [-0.39, 0.29) is 19.4 Å². The van der Waals surface area contributed by atoms with Crippen LogP contribution in [0, 0.1) is 0 Å². The summed E-state index contributed by atoms with van der Waals surface area (Å²) >= 11 is 0. The monoisotopic (exact) mass is 969 g/mol. The van der Waals surface area contributed by atoms with E-state index in [4.69, 9.17) is 18.9 Å². The Morgan fingerprint density at radius 2 is 0.925 bits per heavy atom. The summed E-state index contributed by atoms with van der Waals surface area (Å²) in [6, 6.07) is 0. The van der Waals surface area contributed by atoms with E-state index in [0.29, 0.717) is 12.8 Å². The smallest absolute Gasteiger partial charge is 0.306 e. The van der Waals surface area contributed by atoms with Crippen molar-refractivity contribution >= 4 is 22.1 Å². The van der Waals surface area contributed by atoms with Crippen LogP contribution in [0.2, 0.25) is 0 Å². The van der Waals surface area contributed by atoms with E-state index >= 15 is 0 Å². The normalized spacial score (nSPS) is 19.6. The van der Waals surface area contributed by atoms with Gasteiger partial charge in [0.25, 0.3) is 10.1 Å². The number of aliphatic hydroxyl groups excluding tert-OH is 3. The average molecular weight is 969 g/mol. The number of carbonyl (C=O) groups excluding carboxylic acids is 2. The van der Waals surface area contributed by atoms with Crippen LogP contribution in [0.5, 0.6) is 0 Å². The van der Waals surface area contributed by atoms with E-state index < -0.39 is 71.2 Å². The van der Waals surface area contributed by atoms with Crippen LogP contribution in [0.1, 0.15) is 226 Å². The van der Waals surface area contributed by atoms with Crippen molar-refractivity contribution < 1.29 is 56.8 Å². The van der Waals surface area contributed by atoms with Gasteiger partial charge in [0, 0.05) is 12.8 Å². The maximum atomic E-state index is 12.9. The van der Waals surface area contributed by atoms with Gasteiger partial charge >= 0.3 is 11.9 Å². The van der Waals surface area contributed by atoms with E-state index in [9.17, 15) is 37.9 Å². The summed E-state index contributed by atoms with van der Waals surface area (Å²) in [6.45, 7) is 3.70. The van der Waals surface area contributed by atoms with Crippen molar-refractivity contribution in [3.63, 3.8) is 0 Å². The maximum Gasteiger partial charge on any atom is 0.306 e. The molecule has 0 aromatic rings. The first-order valence-corrected chi connectivity index (χ1v) is 28.3. The minimum Gasteiger partial charge on any atom is -0.462 e. The van der Waals surface area contributed by atoms with Gasteiger partial charge in [-0.25, -0.2) is 0 Å². The molecule has 0 aromatic heterocycles. The average Bonchev–Trinajstić information content (AvgIpc) is 3.30. The second-order valence-corrected chi connectivity index (χ2v) is 20.0. The fourth-order valence-corrected chi connectivity index (χ4v) is 8.71. The Labute approximate surface area is 407 Å². The predicted molar refractivity (Wildman–Crippen MR) is 270 cm³/mol. The minimum absolute atomic E-state index is 0.160. The van der Waals surface area contributed by atoms with Crippen LogP contribution in [0.3, 0.4) is 0 Å². The highest BCUT2D eigenvalue weighted by Gasteiger charge is 2.46. The zero-order valence-corrected chi connectivity index (χ0v) is 42.8. The summed E-state index contributed by atoms with van der Waals surface area (Å²) in [5.41, 5.74) is 0. The highest BCUT2D eigenvalue weighted by molar-refractivity contribution is 7.85. The summed E-state index contributed by atoms with van der Waals surface area (Å²) in [4.78, 5) is 25.5. The number of ether oxygens (including phenoxy) is 4. The molecule has 12 nitrogen and oxygen atoms in total. The van der Waals surface area contributed by atoms with Gasteiger partial charge in [0.05, 0.1) is 6.61 Å². The first-order chi connectivity index (χ1) is 32.5. The number of hydrogen-bond acceptors (Lipinski definition) is 11. The largest absolute Gasteiger partial charge is 0.462 e. The molecule has 0 spiro atoms. The van der Waals surface area contributed by atoms with Crippen LogP contribution in [0.4, 0.5) is 0 Å². The molecule has 1 rings (SSSR count). The number of aliphatic hydroxyl groups is 3. The second-order valence-electron chi connectivity index (χ2n) is 18.5. The Bertz CT molecular complexity index is 1410. The van der Waals surface area contributed by atoms with Gasteiger partial charge in [0.2, 0.25) is 0 Å². The van der Waals surface area contributed by atoms with Gasteiger partial charge < -0.3 is 34.3 Å². The third kappa shape index (κ3) is 38.1. The van der Waals surface area contributed by atoms with Gasteiger partial charge in [0.1, 0.15) is 36.8 Å². The molecule has 0 bridgehead atoms. The quantitative estimate of drug-likeness (QED) is 0.0196. The highest BCUT2D eigenvalue weighted by atomic mass is 32.2. The molecule has 390 valence electrons. The lowest BCUT2D eigenvalue weighted by Crippen LogP contribution is -2.60. The van der Waals surface area contributed by atoms with Crippen LogP contribution in [-0.4, -0.2) is 96.0 Å². The van der Waals surface area contributed by atoms with E-state index in [2.05, 4.69) is 62.5 Å². The van der Waals surface area contributed by atoms with Crippen LogP contribution in [-0.2, 0) is 38.7 Å². The van der Waals surface area contributed by atoms with Gasteiger partial charge in [-0.2, -0.15) is 8.42 Å². The van der Waals surface area contributed by atoms with Gasteiger partial charge in [-0.3, -0.25) is 14.1 Å². The Morgan fingerprint density at radius 3 is 1.39 bits per heavy atom. The summed E-state index contributed by atoms with van der Waals surface area (Å²) in [6.07, 6.45) is 44.4. The number of carbonyl (C=O) groups is 2. The molecule has 1 fully saturated rings. The molecule has 1 saturated heterocycles. The molecule has 0 aliphatic carbocycles. The van der Waals surface area contributed by atoms with Crippen LogP contribution < -0.4 is 0 Å². The number of rotatable bonds is 45. The van der Waals surface area contributed by atoms with E-state index in [1.807, 2.05) is 0 Å². The van der Waals surface area contributed by atoms with Crippen LogP contribution >= 0.6 is 0 Å². The molecule has 1 aliphatic heterocycles. The summed E-state index contributed by atoms with van der Waals surface area (Å²) in [5.74, 6) is -2.02. The van der Waals surface area contributed by atoms with Gasteiger partial charge in [0.15, 0.2) is 12.4 Å². The standard InChI is InChI=1S/C54H96O12S/c1-3-5-7-9-11-13-15-17-19-21-22-23-24-25-27-29-31-33-35-37-39-41-43-50(56)65-47(45-64-54-53(59)52(58)51(57)48(66-54)46-67(60,61)62)44-63-49(55)42-40-38-36-34-32-30-28-26-20-18-16-14-12-10-8-6-4-2/h8,10,14,16,20,26,30,32,47-48,51-54,57-59H,3-7,9,11-13,15,17-19,21-25,27-29,31,33-46H2,1-2H3,(H,60,61,62)/b10-8+,16-14+,26-20+,32-30+/t47-,48-,51-,52?,53?,54+/m1/s1. The zero-order chi connectivity index (χ0) is 49.1. The zero-order valence-electron chi connectivity index (χ0n) is 42.0. The van der Waals surface area contributed by atoms with Crippen molar-refractivity contribution in [1.82, 2.24) is 0 Å². The summed E-state index contributed by atoms with van der Waals surface area (Å²) in [5, 5.41) is 31.0. The molecule has 0 aromatic carbocycles. The minimum atomic E-state index is -4.61. The van der Waals surface area contributed by atoms with Crippen molar-refractivity contribution in [2.24, 2.45) is 0 Å². The van der Waals surface area contributed by atoms with Crippen molar-refractivity contribution in [2.45, 2.75) is 263 Å². The fraction of sp³-hybridized carbons (Fsp3) is 0.815. The Kier molecular flexibility index (Phi) is 40.8. The first kappa shape index (κ1) is 62.6. The second kappa shape index (κ2) is 43.6. The SMILES string of the molecule is CCC/C=C/C/C=C/C/C=C/C/C=C/CCCCCC(=O)OC[C@H](CO[C@H]1O[C@H](CS(=O)(=O)O)[C@@H](O)C(O)C1O)OC(=O)CCCCCCCCCCCCCCCCCCCCCCCC. The molecular weight excluding hydrogens is 873 g/mol. The van der Waals surface area contributed by atoms with Crippen molar-refractivity contribution in [3.05, 3.63) is 48.6 Å². The van der Waals surface area contributed by atoms with Crippen LogP contribution in [0.15, 0.2) is 48.6 Å². The van der Waals surface area contributed by atoms with E-state index in [0.717, 1.165) is 64.2 Å². The van der Waals surface area contributed by atoms with Gasteiger partial charge in [-0.05, 0) is 51.4 Å². The van der Waals surface area contributed by atoms with Crippen LogP contribution in [0.25, 0.3) is 0 Å². The number of unbranched alkanes of at least 4 members (excludes halogenated alkanes) is 25. The lowest BCUT2D eigenvalue weighted by molar-refractivity contribution is -0.297. The van der Waals surface area contributed by atoms with Crippen molar-refractivity contribution in [2.75, 3.05) is 19.0 Å². The van der Waals surface area contributed by atoms with E-state index in [1.54, 1.807) is 0 Å². The van der Waals surface area contributed by atoms with Gasteiger partial charge in [-0.15, -0.1) is 0 Å². The molecule has 6 atom stereocenters. The summed E-state index contributed by atoms with van der Waals surface area (Å²) < 4.78 is 54.3. The molecule has 2 unspecified atom stereocenters. The Hall–Kier alpha value is -2.39. The third-order valence-corrected chi connectivity index (χ3v) is 12.9. The lowest BCUT2D eigenvalue weighted by Gasteiger charge is -2.40. The molecule has 67 heavy (non-hydrogen) atoms. The molecule has 0 radical (unpaired) electrons. The molecule has 1 heterocycles. The third-order valence-electron chi connectivity index (χ3n) is 12.1. The number of hydrogen-bond donors (Lipinski definition) is 4. The maximum absolute atomic E-state index is 12.9. The van der Waals surface area contributed by atoms with E-state index in [1.165, 1.54) is 122 Å². The fourth-order valence-electron chi connectivity index (χ4n) is 8.02.